The second kappa shape index (κ2) is 11.7. The van der Waals surface area contributed by atoms with Gasteiger partial charge in [-0.1, -0.05) is 32.8 Å². The van der Waals surface area contributed by atoms with Crippen LogP contribution in [0, 0.1) is 0 Å². The van der Waals surface area contributed by atoms with Crippen molar-refractivity contribution < 1.29 is 14.3 Å². The molecule has 2 aliphatic rings. The molecule has 1 aromatic carbocycles. The number of carbonyl (C=O) groups is 1. The number of carbonyl (C=O) groups excluding carboxylic acids is 1. The zero-order chi connectivity index (χ0) is 21.2. The second-order valence-electron chi connectivity index (χ2n) is 7.65. The van der Waals surface area contributed by atoms with Crippen LogP contribution in [-0.4, -0.2) is 45.2 Å². The molecule has 0 spiro atoms. The van der Waals surface area contributed by atoms with E-state index in [1.165, 1.54) is 19.3 Å². The lowest BCUT2D eigenvalue weighted by Gasteiger charge is -2.15. The Balaban J connectivity index is 1.53. The summed E-state index contributed by atoms with van der Waals surface area (Å²) in [5.41, 5.74) is 3.77. The average Bonchev–Trinajstić information content (AvgIpc) is 3.13. The number of allylic oxidation sites excluding steroid dienone is 4. The standard InChI is InChI=1S/C25H34N2O3/c1-3-5-11-26-13-15-29-20-7-8-21-19(17-20)18-23-22(21)9-10-24(25(23)28)30-16-14-27-12-6-4-2/h7-10,17-18,26-27H,3-6,11-16H2,1-2H3. The molecule has 2 aliphatic carbocycles. The minimum absolute atomic E-state index is 0.0418. The summed E-state index contributed by atoms with van der Waals surface area (Å²) < 4.78 is 11.6. The second-order valence-corrected chi connectivity index (χ2v) is 7.65. The summed E-state index contributed by atoms with van der Waals surface area (Å²) in [4.78, 5) is 12.9. The van der Waals surface area contributed by atoms with Crippen LogP contribution in [0.5, 0.6) is 5.75 Å². The molecular weight excluding hydrogens is 376 g/mol. The van der Waals surface area contributed by atoms with E-state index < -0.39 is 0 Å². The number of benzene rings is 1. The number of unbranched alkanes of at least 4 members (excludes halogenated alkanes) is 2. The lowest BCUT2D eigenvalue weighted by molar-refractivity contribution is -0.115. The van der Waals surface area contributed by atoms with Crippen LogP contribution in [0.1, 0.15) is 50.7 Å². The van der Waals surface area contributed by atoms with E-state index >= 15 is 0 Å². The van der Waals surface area contributed by atoms with Crippen LogP contribution in [0.3, 0.4) is 0 Å². The fraction of sp³-hybridized carbons (Fsp3) is 0.480. The van der Waals surface area contributed by atoms with Gasteiger partial charge in [0.15, 0.2) is 5.76 Å². The molecule has 0 unspecified atom stereocenters. The van der Waals surface area contributed by atoms with Gasteiger partial charge in [-0.2, -0.15) is 0 Å². The Kier molecular flexibility index (Phi) is 8.72. The number of hydrogen-bond acceptors (Lipinski definition) is 5. The molecule has 5 heteroatoms. The normalized spacial score (nSPS) is 14.6. The van der Waals surface area contributed by atoms with Gasteiger partial charge in [0, 0.05) is 18.7 Å². The highest BCUT2D eigenvalue weighted by Gasteiger charge is 2.29. The highest BCUT2D eigenvalue weighted by molar-refractivity contribution is 6.25. The Bertz CT molecular complexity index is 824. The van der Waals surface area contributed by atoms with E-state index in [1.54, 1.807) is 6.08 Å². The number of fused-ring (bicyclic) bond motifs is 3. The lowest BCUT2D eigenvalue weighted by Crippen LogP contribution is -2.22. The van der Waals surface area contributed by atoms with E-state index in [4.69, 9.17) is 9.47 Å². The number of Topliss-reactive ketones (excluding diaryl/α,β-unsaturated/α-hetero) is 1. The topological polar surface area (TPSA) is 59.6 Å². The maximum absolute atomic E-state index is 12.9. The summed E-state index contributed by atoms with van der Waals surface area (Å²) in [5.74, 6) is 1.21. The first-order valence-electron chi connectivity index (χ1n) is 11.2. The molecule has 2 N–H and O–H groups in total. The first kappa shape index (κ1) is 22.3. The maximum atomic E-state index is 12.9. The van der Waals surface area contributed by atoms with Crippen molar-refractivity contribution in [3.05, 3.63) is 52.8 Å². The molecule has 0 bridgehead atoms. The van der Waals surface area contributed by atoms with Crippen molar-refractivity contribution in [2.75, 3.05) is 39.4 Å². The Labute approximate surface area is 180 Å². The monoisotopic (exact) mass is 410 g/mol. The molecule has 0 saturated carbocycles. The van der Waals surface area contributed by atoms with Gasteiger partial charge < -0.3 is 20.1 Å². The number of ketones is 1. The largest absolute Gasteiger partial charge is 0.492 e. The quantitative estimate of drug-likeness (QED) is 0.452. The van der Waals surface area contributed by atoms with Crippen LogP contribution >= 0.6 is 0 Å². The van der Waals surface area contributed by atoms with Crippen molar-refractivity contribution in [1.29, 1.82) is 0 Å². The van der Waals surface area contributed by atoms with E-state index in [0.717, 1.165) is 55.0 Å². The SMILES string of the molecule is CCCCNCCOC1=CC=C2C(=Cc3cc(OCCNCCCC)ccc32)C1=O. The highest BCUT2D eigenvalue weighted by Crippen LogP contribution is 2.40. The van der Waals surface area contributed by atoms with E-state index in [2.05, 4.69) is 24.5 Å². The van der Waals surface area contributed by atoms with Crippen LogP contribution in [0.4, 0.5) is 0 Å². The minimum atomic E-state index is -0.0418. The third-order valence-electron chi connectivity index (χ3n) is 5.27. The van der Waals surface area contributed by atoms with Crippen molar-refractivity contribution in [3.8, 4) is 5.75 Å². The van der Waals surface area contributed by atoms with Gasteiger partial charge in [0.25, 0.3) is 0 Å². The van der Waals surface area contributed by atoms with E-state index in [0.29, 0.717) is 24.5 Å². The van der Waals surface area contributed by atoms with Crippen molar-refractivity contribution in [2.45, 2.75) is 39.5 Å². The zero-order valence-electron chi connectivity index (χ0n) is 18.3. The van der Waals surface area contributed by atoms with Crippen LogP contribution < -0.4 is 15.4 Å². The number of hydrogen-bond donors (Lipinski definition) is 2. The van der Waals surface area contributed by atoms with E-state index in [9.17, 15) is 4.79 Å². The summed E-state index contributed by atoms with van der Waals surface area (Å²) in [7, 11) is 0. The molecule has 0 fully saturated rings. The molecule has 0 saturated heterocycles. The maximum Gasteiger partial charge on any atom is 0.228 e. The summed E-state index contributed by atoms with van der Waals surface area (Å²) >= 11 is 0. The van der Waals surface area contributed by atoms with Gasteiger partial charge in [-0.05, 0) is 73.0 Å². The number of nitrogens with one attached hydrogen (secondary N) is 2. The van der Waals surface area contributed by atoms with Gasteiger partial charge in [-0.25, -0.2) is 0 Å². The summed E-state index contributed by atoms with van der Waals surface area (Å²) in [6.45, 7) is 9.07. The van der Waals surface area contributed by atoms with Gasteiger partial charge in [-0.15, -0.1) is 0 Å². The molecule has 0 amide bonds. The van der Waals surface area contributed by atoms with Crippen LogP contribution in [-0.2, 0) is 9.53 Å². The third-order valence-corrected chi connectivity index (χ3v) is 5.27. The Hall–Kier alpha value is -2.37. The third kappa shape index (κ3) is 5.83. The molecule has 3 rings (SSSR count). The fourth-order valence-electron chi connectivity index (χ4n) is 3.55. The number of ether oxygens (including phenoxy) is 2. The first-order valence-corrected chi connectivity index (χ1v) is 11.2. The molecule has 0 aromatic heterocycles. The average molecular weight is 411 g/mol. The predicted molar refractivity (Wildman–Crippen MR) is 122 cm³/mol. The molecular formula is C25H34N2O3. The van der Waals surface area contributed by atoms with Gasteiger partial charge in [0.1, 0.15) is 19.0 Å². The Morgan fingerprint density at radius 2 is 1.53 bits per heavy atom. The van der Waals surface area contributed by atoms with E-state index in [-0.39, 0.29) is 5.78 Å². The molecule has 0 atom stereocenters. The van der Waals surface area contributed by atoms with Crippen LogP contribution in [0.15, 0.2) is 41.7 Å². The van der Waals surface area contributed by atoms with Gasteiger partial charge in [0.05, 0.1) is 0 Å². The molecule has 1 aromatic rings. The molecule has 5 nitrogen and oxygen atoms in total. The molecule has 0 radical (unpaired) electrons. The summed E-state index contributed by atoms with van der Waals surface area (Å²) in [5, 5.41) is 6.70. The zero-order valence-corrected chi connectivity index (χ0v) is 18.3. The predicted octanol–water partition coefficient (Wildman–Crippen LogP) is 4.11. The number of rotatable bonds is 14. The molecule has 0 heterocycles. The molecule has 30 heavy (non-hydrogen) atoms. The van der Waals surface area contributed by atoms with Gasteiger partial charge >= 0.3 is 0 Å². The van der Waals surface area contributed by atoms with E-state index in [1.807, 2.05) is 30.4 Å². The van der Waals surface area contributed by atoms with Gasteiger partial charge in [-0.3, -0.25) is 4.79 Å². The van der Waals surface area contributed by atoms with Crippen LogP contribution in [0.25, 0.3) is 11.6 Å². The fourth-order valence-corrected chi connectivity index (χ4v) is 3.55. The first-order chi connectivity index (χ1) is 14.7. The minimum Gasteiger partial charge on any atom is -0.492 e. The lowest BCUT2D eigenvalue weighted by atomic mass is 9.95. The Morgan fingerprint density at radius 1 is 0.833 bits per heavy atom. The summed E-state index contributed by atoms with van der Waals surface area (Å²) in [6.07, 6.45) is 10.4. The van der Waals surface area contributed by atoms with Crippen molar-refractivity contribution in [3.63, 3.8) is 0 Å². The highest BCUT2D eigenvalue weighted by atomic mass is 16.5. The van der Waals surface area contributed by atoms with Crippen molar-refractivity contribution in [1.82, 2.24) is 10.6 Å². The Morgan fingerprint density at radius 3 is 2.23 bits per heavy atom. The molecule has 162 valence electrons. The van der Waals surface area contributed by atoms with Crippen molar-refractivity contribution in [2.24, 2.45) is 0 Å². The molecule has 0 aliphatic heterocycles. The summed E-state index contributed by atoms with van der Waals surface area (Å²) in [6, 6.07) is 6.03. The smallest absolute Gasteiger partial charge is 0.228 e. The van der Waals surface area contributed by atoms with Gasteiger partial charge in [0.2, 0.25) is 5.78 Å². The van der Waals surface area contributed by atoms with Crippen molar-refractivity contribution >= 4 is 17.4 Å². The van der Waals surface area contributed by atoms with Crippen LogP contribution in [0.2, 0.25) is 0 Å².